The van der Waals surface area contributed by atoms with Crippen molar-refractivity contribution in [2.24, 2.45) is 0 Å². The van der Waals surface area contributed by atoms with Crippen LogP contribution in [0.25, 0.3) is 82.8 Å². The SMILES string of the molecule is CC1(C)c2ccccc2-c2ccc(N(c3ccc(-c4cccc5c4oc4ccccc45)cc3)c3cccc4c3-c3ccccc3C43c4ccccc4-n4c5ccccc5c5cccc3c54)cc21. The summed E-state index contributed by atoms with van der Waals surface area (Å²) in [6, 6.07) is 81.3. The molecule has 0 N–H and O–H groups in total. The number of rotatable bonds is 4. The molecule has 12 aromatic rings. The molecular weight excluding hydrogens is 813 g/mol. The van der Waals surface area contributed by atoms with E-state index in [-0.39, 0.29) is 5.41 Å². The lowest BCUT2D eigenvalue weighted by Gasteiger charge is -2.39. The van der Waals surface area contributed by atoms with Gasteiger partial charge in [-0.1, -0.05) is 184 Å². The van der Waals surface area contributed by atoms with Gasteiger partial charge in [0.2, 0.25) is 0 Å². The Kier molecular flexibility index (Phi) is 7.22. The number of furan rings is 1. The molecule has 1 atom stereocenters. The summed E-state index contributed by atoms with van der Waals surface area (Å²) in [5, 5.41) is 4.83. The Morgan fingerprint density at radius 2 is 1.03 bits per heavy atom. The fourth-order valence-corrected chi connectivity index (χ4v) is 12.8. The fourth-order valence-electron chi connectivity index (χ4n) is 12.8. The minimum atomic E-state index is -0.565. The van der Waals surface area contributed by atoms with Crippen molar-refractivity contribution in [2.75, 3.05) is 4.90 Å². The van der Waals surface area contributed by atoms with E-state index in [2.05, 4.69) is 236 Å². The summed E-state index contributed by atoms with van der Waals surface area (Å²) in [5.41, 5.74) is 23.5. The van der Waals surface area contributed by atoms with Gasteiger partial charge in [0, 0.05) is 49.5 Å². The van der Waals surface area contributed by atoms with Crippen molar-refractivity contribution in [2.45, 2.75) is 24.7 Å². The Morgan fingerprint density at radius 3 is 1.91 bits per heavy atom. The highest BCUT2D eigenvalue weighted by Gasteiger charge is 2.52. The van der Waals surface area contributed by atoms with Gasteiger partial charge < -0.3 is 13.9 Å². The van der Waals surface area contributed by atoms with Crippen LogP contribution in [0, 0.1) is 0 Å². The number of aromatic nitrogens is 1. The average Bonchev–Trinajstić information content (AvgIpc) is 4.09. The molecule has 10 aromatic carbocycles. The van der Waals surface area contributed by atoms with Gasteiger partial charge >= 0.3 is 0 Å². The molecule has 1 spiro atoms. The maximum Gasteiger partial charge on any atom is 0.143 e. The van der Waals surface area contributed by atoms with Gasteiger partial charge in [-0.15, -0.1) is 0 Å². The number of hydrogen-bond donors (Lipinski definition) is 0. The van der Waals surface area contributed by atoms with Crippen LogP contribution in [0.2, 0.25) is 0 Å². The van der Waals surface area contributed by atoms with Crippen LogP contribution in [0.5, 0.6) is 0 Å². The summed E-state index contributed by atoms with van der Waals surface area (Å²) in [6.07, 6.45) is 0. The molecule has 0 saturated heterocycles. The largest absolute Gasteiger partial charge is 0.455 e. The second-order valence-electron chi connectivity index (χ2n) is 19.1. The summed E-state index contributed by atoms with van der Waals surface area (Å²) >= 11 is 0. The fraction of sp³-hybridized carbons (Fsp3) is 0.0625. The second kappa shape index (κ2) is 13.1. The lowest BCUT2D eigenvalue weighted by molar-refractivity contribution is 0.660. The first-order valence-corrected chi connectivity index (χ1v) is 23.4. The first kappa shape index (κ1) is 36.9. The maximum atomic E-state index is 6.55. The van der Waals surface area contributed by atoms with Crippen LogP contribution >= 0.6 is 0 Å². The molecule has 0 bridgehead atoms. The second-order valence-corrected chi connectivity index (χ2v) is 19.1. The zero-order valence-corrected chi connectivity index (χ0v) is 37.1. The van der Waals surface area contributed by atoms with Crippen molar-refractivity contribution < 1.29 is 4.42 Å². The Balaban J connectivity index is 0.996. The maximum absolute atomic E-state index is 6.55. The van der Waals surface area contributed by atoms with Crippen molar-refractivity contribution >= 4 is 60.8 Å². The lowest BCUT2D eigenvalue weighted by atomic mass is 9.65. The molecule has 2 aliphatic carbocycles. The van der Waals surface area contributed by atoms with E-state index >= 15 is 0 Å². The molecule has 1 aliphatic heterocycles. The molecule has 3 heterocycles. The van der Waals surface area contributed by atoms with E-state index in [9.17, 15) is 0 Å². The predicted molar refractivity (Wildman–Crippen MR) is 277 cm³/mol. The molecule has 67 heavy (non-hydrogen) atoms. The van der Waals surface area contributed by atoms with E-state index in [1.54, 1.807) is 0 Å². The number of fused-ring (bicyclic) bond motifs is 18. The van der Waals surface area contributed by atoms with Crippen LogP contribution in [0.15, 0.2) is 223 Å². The molecule has 15 rings (SSSR count). The molecule has 3 nitrogen and oxygen atoms in total. The van der Waals surface area contributed by atoms with Crippen LogP contribution in [-0.2, 0) is 10.8 Å². The standard InChI is InChI=1S/C64H42N2O/c1-63(2)50-23-7-3-16-43(50)44-37-36-41(38-55(44)63)65(40-34-32-39(33-35-40)42-20-13-22-48-46-18-6-12-31-59(46)67-62(42)48)58-30-15-26-53-60(58)49-19-4-8-24-51(49)64(53)52-25-9-11-29-57(52)66-56-28-10-5-17-45(56)47-21-14-27-54(64)61(47)66/h3-38H,1-2H3. The molecule has 0 amide bonds. The predicted octanol–water partition coefficient (Wildman–Crippen LogP) is 16.8. The summed E-state index contributed by atoms with van der Waals surface area (Å²) in [4.78, 5) is 2.52. The average molecular weight is 855 g/mol. The Hall–Kier alpha value is -8.40. The molecule has 2 aromatic heterocycles. The van der Waals surface area contributed by atoms with Gasteiger partial charge in [0.25, 0.3) is 0 Å². The van der Waals surface area contributed by atoms with Crippen LogP contribution in [0.1, 0.15) is 47.2 Å². The molecule has 3 heteroatoms. The first-order valence-electron chi connectivity index (χ1n) is 23.4. The van der Waals surface area contributed by atoms with Gasteiger partial charge in [-0.25, -0.2) is 0 Å². The zero-order valence-electron chi connectivity index (χ0n) is 37.1. The molecular formula is C64H42N2O. The van der Waals surface area contributed by atoms with Gasteiger partial charge in [-0.05, 0) is 104 Å². The van der Waals surface area contributed by atoms with E-state index in [4.69, 9.17) is 4.42 Å². The molecule has 0 radical (unpaired) electrons. The summed E-state index contributed by atoms with van der Waals surface area (Å²) in [6.45, 7) is 4.75. The van der Waals surface area contributed by atoms with E-state index in [1.807, 2.05) is 6.07 Å². The summed E-state index contributed by atoms with van der Waals surface area (Å²) in [7, 11) is 0. The van der Waals surface area contributed by atoms with Gasteiger partial charge in [0.1, 0.15) is 11.2 Å². The van der Waals surface area contributed by atoms with Crippen LogP contribution in [0.3, 0.4) is 0 Å². The van der Waals surface area contributed by atoms with E-state index < -0.39 is 5.41 Å². The minimum absolute atomic E-state index is 0.166. The zero-order chi connectivity index (χ0) is 44.2. The van der Waals surface area contributed by atoms with E-state index in [0.717, 1.165) is 50.1 Å². The quantitative estimate of drug-likeness (QED) is 0.176. The lowest BCUT2D eigenvalue weighted by Crippen LogP contribution is -2.33. The topological polar surface area (TPSA) is 21.3 Å². The number of hydrogen-bond acceptors (Lipinski definition) is 2. The van der Waals surface area contributed by atoms with Crippen LogP contribution in [-0.4, -0.2) is 4.57 Å². The number of para-hydroxylation sites is 5. The smallest absolute Gasteiger partial charge is 0.143 e. The highest BCUT2D eigenvalue weighted by molar-refractivity contribution is 6.14. The summed E-state index contributed by atoms with van der Waals surface area (Å²) in [5.74, 6) is 0. The first-order chi connectivity index (χ1) is 33.0. The highest BCUT2D eigenvalue weighted by Crippen LogP contribution is 2.63. The molecule has 0 fully saturated rings. The third-order valence-electron chi connectivity index (χ3n) is 15.6. The van der Waals surface area contributed by atoms with E-state index in [0.29, 0.717) is 0 Å². The number of nitrogens with zero attached hydrogens (tertiary/aromatic N) is 2. The molecule has 314 valence electrons. The van der Waals surface area contributed by atoms with Gasteiger partial charge in [-0.2, -0.15) is 0 Å². The van der Waals surface area contributed by atoms with E-state index in [1.165, 1.54) is 83.1 Å². The number of benzene rings is 10. The third-order valence-corrected chi connectivity index (χ3v) is 15.6. The summed E-state index contributed by atoms with van der Waals surface area (Å²) < 4.78 is 9.08. The Morgan fingerprint density at radius 1 is 0.418 bits per heavy atom. The third kappa shape index (κ3) is 4.65. The van der Waals surface area contributed by atoms with Crippen molar-refractivity contribution in [3.05, 3.63) is 252 Å². The molecule has 3 aliphatic rings. The minimum Gasteiger partial charge on any atom is -0.455 e. The Labute approximate surface area is 388 Å². The van der Waals surface area contributed by atoms with Crippen molar-refractivity contribution in [3.63, 3.8) is 0 Å². The van der Waals surface area contributed by atoms with Crippen molar-refractivity contribution in [1.82, 2.24) is 4.57 Å². The Bertz CT molecular complexity index is 4090. The normalized spacial score (nSPS) is 15.8. The number of anilines is 3. The highest BCUT2D eigenvalue weighted by atomic mass is 16.3. The van der Waals surface area contributed by atoms with Crippen LogP contribution in [0.4, 0.5) is 17.1 Å². The monoisotopic (exact) mass is 854 g/mol. The van der Waals surface area contributed by atoms with Crippen LogP contribution < -0.4 is 4.90 Å². The van der Waals surface area contributed by atoms with Gasteiger partial charge in [0.15, 0.2) is 0 Å². The van der Waals surface area contributed by atoms with Gasteiger partial charge in [-0.3, -0.25) is 0 Å². The van der Waals surface area contributed by atoms with Crippen molar-refractivity contribution in [3.8, 4) is 39.1 Å². The molecule has 0 saturated carbocycles. The van der Waals surface area contributed by atoms with Crippen molar-refractivity contribution in [1.29, 1.82) is 0 Å². The van der Waals surface area contributed by atoms with Gasteiger partial charge in [0.05, 0.1) is 27.8 Å². The molecule has 1 unspecified atom stereocenters.